The zero-order chi connectivity index (χ0) is 18.9. The van der Waals surface area contributed by atoms with E-state index < -0.39 is 29.8 Å². The molecule has 0 radical (unpaired) electrons. The lowest BCUT2D eigenvalue weighted by atomic mass is 9.96. The first-order valence-electron chi connectivity index (χ1n) is 8.36. The Hall–Kier alpha value is -2.41. The van der Waals surface area contributed by atoms with Gasteiger partial charge in [0.25, 0.3) is 0 Å². The summed E-state index contributed by atoms with van der Waals surface area (Å²) in [5, 5.41) is 9.54. The van der Waals surface area contributed by atoms with Crippen molar-refractivity contribution in [3.8, 4) is 0 Å². The lowest BCUT2D eigenvalue weighted by molar-refractivity contribution is -0.142. The van der Waals surface area contributed by atoms with E-state index in [2.05, 4.69) is 4.98 Å². The van der Waals surface area contributed by atoms with E-state index in [1.807, 2.05) is 17.9 Å². The summed E-state index contributed by atoms with van der Waals surface area (Å²) in [6.45, 7) is 2.42. The molecular weight excluding hydrogens is 345 g/mol. The number of aliphatic carboxylic acids is 1. The highest BCUT2D eigenvalue weighted by molar-refractivity contribution is 5.74. The number of halogens is 3. The predicted molar refractivity (Wildman–Crippen MR) is 89.6 cm³/mol. The van der Waals surface area contributed by atoms with Crippen LogP contribution in [0.15, 0.2) is 42.6 Å². The molecule has 1 fully saturated rings. The predicted octanol–water partition coefficient (Wildman–Crippen LogP) is 4.05. The van der Waals surface area contributed by atoms with Crippen molar-refractivity contribution in [2.45, 2.75) is 38.0 Å². The fourth-order valence-electron chi connectivity index (χ4n) is 3.51. The second-order valence-electron chi connectivity index (χ2n) is 6.46. The third-order valence-electron chi connectivity index (χ3n) is 4.77. The molecule has 138 valence electrons. The summed E-state index contributed by atoms with van der Waals surface area (Å²) in [6, 6.07) is 7.37. The number of rotatable bonds is 4. The van der Waals surface area contributed by atoms with E-state index in [-0.39, 0.29) is 0 Å². The first-order valence-corrected chi connectivity index (χ1v) is 8.36. The van der Waals surface area contributed by atoms with Crippen molar-refractivity contribution in [2.75, 3.05) is 6.54 Å². The monoisotopic (exact) mass is 364 g/mol. The van der Waals surface area contributed by atoms with Gasteiger partial charge in [-0.25, -0.2) is 0 Å². The van der Waals surface area contributed by atoms with Gasteiger partial charge in [0.2, 0.25) is 0 Å². The standard InChI is InChI=1S/C19H19F3N2O2/c1-12-4-2-10-23-16(12)17(24-11-3-5-15(24)18(25)26)13-6-8-14(9-7-13)19(20,21)22/h2,4,6-10,15,17H,3,5,11H2,1H3,(H,25,26). The molecule has 1 aliphatic rings. The number of carbonyl (C=O) groups is 1. The zero-order valence-electron chi connectivity index (χ0n) is 14.2. The van der Waals surface area contributed by atoms with Gasteiger partial charge in [-0.2, -0.15) is 13.2 Å². The Kier molecular flexibility index (Phi) is 5.00. The first kappa shape index (κ1) is 18.4. The number of alkyl halides is 3. The minimum Gasteiger partial charge on any atom is -0.480 e. The first-order chi connectivity index (χ1) is 12.3. The van der Waals surface area contributed by atoms with Crippen LogP contribution in [0.4, 0.5) is 13.2 Å². The Balaban J connectivity index is 2.07. The SMILES string of the molecule is Cc1cccnc1C(c1ccc(C(F)(F)F)cc1)N1CCCC1C(=O)O. The van der Waals surface area contributed by atoms with Gasteiger partial charge in [0.15, 0.2) is 0 Å². The molecule has 1 aromatic heterocycles. The van der Waals surface area contributed by atoms with E-state index in [9.17, 15) is 23.1 Å². The van der Waals surface area contributed by atoms with E-state index in [0.29, 0.717) is 24.2 Å². The van der Waals surface area contributed by atoms with E-state index in [4.69, 9.17) is 0 Å². The van der Waals surface area contributed by atoms with Crippen LogP contribution in [-0.2, 0) is 11.0 Å². The summed E-state index contributed by atoms with van der Waals surface area (Å²) in [7, 11) is 0. The fourth-order valence-corrected chi connectivity index (χ4v) is 3.51. The van der Waals surface area contributed by atoms with E-state index in [0.717, 1.165) is 24.1 Å². The van der Waals surface area contributed by atoms with Gasteiger partial charge in [0.1, 0.15) is 6.04 Å². The van der Waals surface area contributed by atoms with Gasteiger partial charge in [0.05, 0.1) is 17.3 Å². The zero-order valence-corrected chi connectivity index (χ0v) is 14.2. The summed E-state index contributed by atoms with van der Waals surface area (Å²) in [4.78, 5) is 17.9. The largest absolute Gasteiger partial charge is 0.480 e. The van der Waals surface area contributed by atoms with Crippen LogP contribution >= 0.6 is 0 Å². The molecule has 1 saturated heterocycles. The highest BCUT2D eigenvalue weighted by Crippen LogP contribution is 2.37. The molecule has 0 bridgehead atoms. The van der Waals surface area contributed by atoms with Crippen molar-refractivity contribution in [2.24, 2.45) is 0 Å². The van der Waals surface area contributed by atoms with Gasteiger partial charge in [-0.1, -0.05) is 18.2 Å². The number of hydrogen-bond donors (Lipinski definition) is 1. The molecule has 26 heavy (non-hydrogen) atoms. The Morgan fingerprint density at radius 3 is 2.54 bits per heavy atom. The van der Waals surface area contributed by atoms with Gasteiger partial charge in [-0.3, -0.25) is 14.7 Å². The highest BCUT2D eigenvalue weighted by atomic mass is 19.4. The number of nitrogens with zero attached hydrogens (tertiary/aromatic N) is 2. The topological polar surface area (TPSA) is 53.4 Å². The summed E-state index contributed by atoms with van der Waals surface area (Å²) < 4.78 is 38.6. The minimum atomic E-state index is -4.41. The molecule has 0 spiro atoms. The van der Waals surface area contributed by atoms with Gasteiger partial charge >= 0.3 is 12.1 Å². The quantitative estimate of drug-likeness (QED) is 0.889. The molecule has 2 unspecified atom stereocenters. The van der Waals surface area contributed by atoms with E-state index >= 15 is 0 Å². The minimum absolute atomic E-state index is 0.498. The molecule has 1 N–H and O–H groups in total. The second kappa shape index (κ2) is 7.07. The Bertz CT molecular complexity index is 790. The molecule has 2 atom stereocenters. The van der Waals surface area contributed by atoms with Gasteiger partial charge < -0.3 is 5.11 Å². The Morgan fingerprint density at radius 1 is 1.27 bits per heavy atom. The van der Waals surface area contributed by atoms with Gasteiger partial charge in [-0.15, -0.1) is 0 Å². The molecule has 1 aliphatic heterocycles. The van der Waals surface area contributed by atoms with Crippen LogP contribution in [0.5, 0.6) is 0 Å². The van der Waals surface area contributed by atoms with E-state index in [1.165, 1.54) is 12.1 Å². The normalized spacial score (nSPS) is 19.5. The third kappa shape index (κ3) is 3.58. The van der Waals surface area contributed by atoms with Crippen LogP contribution in [0, 0.1) is 6.92 Å². The third-order valence-corrected chi connectivity index (χ3v) is 4.77. The summed E-state index contributed by atoms with van der Waals surface area (Å²) in [5.41, 5.74) is 1.41. The molecule has 0 saturated carbocycles. The average Bonchev–Trinajstić information content (AvgIpc) is 3.06. The number of aryl methyl sites for hydroxylation is 1. The second-order valence-corrected chi connectivity index (χ2v) is 6.46. The summed E-state index contributed by atoms with van der Waals surface area (Å²) in [6.07, 6.45) is -1.56. The van der Waals surface area contributed by atoms with Gasteiger partial charge in [0, 0.05) is 12.7 Å². The molecule has 0 amide bonds. The number of carboxylic acid groups (broad SMARTS) is 1. The van der Waals surface area contributed by atoms with Crippen molar-refractivity contribution < 1.29 is 23.1 Å². The maximum Gasteiger partial charge on any atom is 0.416 e. The number of likely N-dealkylation sites (tertiary alicyclic amines) is 1. The average molecular weight is 364 g/mol. The molecule has 0 aliphatic carbocycles. The molecule has 7 heteroatoms. The van der Waals surface area contributed by atoms with Crippen LogP contribution < -0.4 is 0 Å². The van der Waals surface area contributed by atoms with Crippen LogP contribution in [0.1, 0.15) is 41.3 Å². The number of hydrogen-bond acceptors (Lipinski definition) is 3. The summed E-state index contributed by atoms with van der Waals surface area (Å²) in [5.74, 6) is -0.923. The number of pyridine rings is 1. The van der Waals surface area contributed by atoms with Crippen molar-refractivity contribution in [1.82, 2.24) is 9.88 Å². The fraction of sp³-hybridized carbons (Fsp3) is 0.368. The lowest BCUT2D eigenvalue weighted by Crippen LogP contribution is -2.39. The Labute approximate surface area is 149 Å². The van der Waals surface area contributed by atoms with Crippen molar-refractivity contribution in [3.63, 3.8) is 0 Å². The molecule has 1 aromatic carbocycles. The molecule has 2 heterocycles. The Morgan fingerprint density at radius 2 is 1.96 bits per heavy atom. The highest BCUT2D eigenvalue weighted by Gasteiger charge is 2.38. The molecule has 3 rings (SSSR count). The van der Waals surface area contributed by atoms with Crippen LogP contribution in [0.2, 0.25) is 0 Å². The van der Waals surface area contributed by atoms with Crippen LogP contribution in [0.3, 0.4) is 0 Å². The lowest BCUT2D eigenvalue weighted by Gasteiger charge is -2.32. The van der Waals surface area contributed by atoms with Crippen molar-refractivity contribution in [1.29, 1.82) is 0 Å². The summed E-state index contributed by atoms with van der Waals surface area (Å²) >= 11 is 0. The smallest absolute Gasteiger partial charge is 0.416 e. The molecule has 4 nitrogen and oxygen atoms in total. The van der Waals surface area contributed by atoms with Crippen molar-refractivity contribution in [3.05, 3.63) is 65.0 Å². The molecule has 2 aromatic rings. The van der Waals surface area contributed by atoms with Gasteiger partial charge in [-0.05, 0) is 49.1 Å². The van der Waals surface area contributed by atoms with Crippen molar-refractivity contribution >= 4 is 5.97 Å². The maximum atomic E-state index is 12.9. The molecular formula is C19H19F3N2O2. The number of benzene rings is 1. The van der Waals surface area contributed by atoms with Crippen LogP contribution in [0.25, 0.3) is 0 Å². The number of carboxylic acids is 1. The van der Waals surface area contributed by atoms with E-state index in [1.54, 1.807) is 12.3 Å². The van der Waals surface area contributed by atoms with Crippen LogP contribution in [-0.4, -0.2) is 33.5 Å². The maximum absolute atomic E-state index is 12.9. The number of aromatic nitrogens is 1.